The number of nitrogens with one attached hydrogen (secondary N) is 2. The molecule has 0 atom stereocenters. The van der Waals surface area contributed by atoms with E-state index in [0.29, 0.717) is 21.5 Å². The monoisotopic (exact) mass is 376 g/mol. The number of hydrogen-bond acceptors (Lipinski definition) is 2. The van der Waals surface area contributed by atoms with Crippen molar-refractivity contribution in [3.8, 4) is 5.75 Å². The lowest BCUT2D eigenvalue weighted by Crippen LogP contribution is -2.32. The third kappa shape index (κ3) is 5.16. The number of hydrogen-bond donors (Lipinski definition) is 2. The van der Waals surface area contributed by atoms with Crippen LogP contribution in [0, 0.1) is 5.82 Å². The van der Waals surface area contributed by atoms with Gasteiger partial charge in [0.2, 0.25) is 0 Å². The molecule has 0 aliphatic carbocycles. The molecule has 0 aliphatic rings. The summed E-state index contributed by atoms with van der Waals surface area (Å²) in [5, 5.41) is 5.96. The van der Waals surface area contributed by atoms with Gasteiger partial charge >= 0.3 is 6.03 Å². The number of rotatable bonds is 5. The Morgan fingerprint density at radius 2 is 1.78 bits per heavy atom. The van der Waals surface area contributed by atoms with Crippen LogP contribution in [0.25, 0.3) is 0 Å². The summed E-state index contributed by atoms with van der Waals surface area (Å²) in [5.74, 6) is -0.110. The van der Waals surface area contributed by atoms with Crippen LogP contribution in [0.1, 0.15) is 0 Å². The molecule has 0 bridgehead atoms. The molecule has 4 nitrogen and oxygen atoms in total. The summed E-state index contributed by atoms with van der Waals surface area (Å²) in [4.78, 5) is 11.8. The normalized spacial score (nSPS) is 10.3. The molecule has 0 unspecified atom stereocenters. The lowest BCUT2D eigenvalue weighted by Gasteiger charge is -2.11. The maximum Gasteiger partial charge on any atom is 0.319 e. The third-order valence-corrected chi connectivity index (χ3v) is 3.67. The molecule has 0 saturated carbocycles. The van der Waals surface area contributed by atoms with Gasteiger partial charge in [0.15, 0.2) is 0 Å². The first kappa shape index (κ1) is 17.7. The molecule has 23 heavy (non-hydrogen) atoms. The van der Waals surface area contributed by atoms with Gasteiger partial charge in [-0.25, -0.2) is 9.18 Å². The molecule has 2 rings (SSSR count). The highest BCUT2D eigenvalue weighted by Crippen LogP contribution is 2.29. The molecule has 0 aromatic heterocycles. The number of anilines is 1. The summed E-state index contributed by atoms with van der Waals surface area (Å²) >= 11 is 17.7. The molecule has 2 amide bonds. The van der Waals surface area contributed by atoms with Gasteiger partial charge in [-0.05, 0) is 30.3 Å². The predicted octanol–water partition coefficient (Wildman–Crippen LogP) is 4.99. The van der Waals surface area contributed by atoms with Crippen molar-refractivity contribution >= 4 is 46.5 Å². The Bertz CT molecular complexity index is 693. The lowest BCUT2D eigenvalue weighted by atomic mass is 10.3. The van der Waals surface area contributed by atoms with Crippen LogP contribution in [0.3, 0.4) is 0 Å². The maximum absolute atomic E-state index is 12.9. The lowest BCUT2D eigenvalue weighted by molar-refractivity contribution is 0.247. The number of carbonyl (C=O) groups is 1. The summed E-state index contributed by atoms with van der Waals surface area (Å²) in [6.45, 7) is 0.372. The van der Waals surface area contributed by atoms with Crippen LogP contribution in [0.4, 0.5) is 14.9 Å². The first-order valence-electron chi connectivity index (χ1n) is 6.54. The van der Waals surface area contributed by atoms with E-state index in [1.54, 1.807) is 18.2 Å². The minimum Gasteiger partial charge on any atom is -0.490 e. The Morgan fingerprint density at radius 1 is 1.09 bits per heavy atom. The minimum absolute atomic E-state index is 0.162. The Kier molecular flexibility index (Phi) is 6.33. The van der Waals surface area contributed by atoms with E-state index in [-0.39, 0.29) is 18.2 Å². The van der Waals surface area contributed by atoms with Crippen LogP contribution >= 0.6 is 34.8 Å². The average Bonchev–Trinajstić information content (AvgIpc) is 2.49. The maximum atomic E-state index is 12.9. The molecule has 8 heteroatoms. The highest BCUT2D eigenvalue weighted by Gasteiger charge is 2.09. The van der Waals surface area contributed by atoms with Crippen molar-refractivity contribution in [2.24, 2.45) is 0 Å². The second-order valence-electron chi connectivity index (χ2n) is 4.40. The summed E-state index contributed by atoms with van der Waals surface area (Å²) in [7, 11) is 0. The molecule has 122 valence electrons. The molecule has 0 saturated heterocycles. The van der Waals surface area contributed by atoms with Crippen LogP contribution < -0.4 is 15.4 Å². The van der Waals surface area contributed by atoms with Crippen LogP contribution in [-0.2, 0) is 0 Å². The van der Waals surface area contributed by atoms with Gasteiger partial charge in [0.1, 0.15) is 18.2 Å². The second-order valence-corrected chi connectivity index (χ2v) is 5.62. The Labute approximate surface area is 147 Å². The number of amides is 2. The zero-order valence-corrected chi connectivity index (χ0v) is 14.0. The molecule has 2 aromatic rings. The third-order valence-electron chi connectivity index (χ3n) is 2.74. The summed E-state index contributed by atoms with van der Waals surface area (Å²) < 4.78 is 18.2. The van der Waals surface area contributed by atoms with Crippen molar-refractivity contribution in [1.29, 1.82) is 0 Å². The molecule has 2 N–H and O–H groups in total. The molecule has 0 fully saturated rings. The van der Waals surface area contributed by atoms with Crippen LogP contribution in [0.2, 0.25) is 15.1 Å². The van der Waals surface area contributed by atoms with E-state index < -0.39 is 11.8 Å². The number of para-hydroxylation sites is 1. The standard InChI is InChI=1S/C15H12Cl3FN2O2/c16-10-2-1-3-11(17)14(10)21-15(22)20-6-7-23-13-5-4-9(19)8-12(13)18/h1-5,8H,6-7H2,(H2,20,21,22). The smallest absolute Gasteiger partial charge is 0.319 e. The van der Waals surface area contributed by atoms with Gasteiger partial charge in [-0.3, -0.25) is 0 Å². The fourth-order valence-electron chi connectivity index (χ4n) is 1.69. The highest BCUT2D eigenvalue weighted by atomic mass is 35.5. The van der Waals surface area contributed by atoms with Gasteiger partial charge < -0.3 is 15.4 Å². The minimum atomic E-state index is -0.478. The summed E-state index contributed by atoms with van der Waals surface area (Å²) in [5.41, 5.74) is 0.329. The number of carbonyl (C=O) groups excluding carboxylic acids is 1. The second kappa shape index (κ2) is 8.24. The van der Waals surface area contributed by atoms with E-state index in [1.807, 2.05) is 0 Å². The van der Waals surface area contributed by atoms with Gasteiger partial charge in [-0.1, -0.05) is 40.9 Å². The van der Waals surface area contributed by atoms with Gasteiger partial charge in [-0.15, -0.1) is 0 Å². The fraction of sp³-hybridized carbons (Fsp3) is 0.133. The molecular formula is C15H12Cl3FN2O2. The zero-order valence-electron chi connectivity index (χ0n) is 11.7. The van der Waals surface area contributed by atoms with Crippen molar-refractivity contribution in [1.82, 2.24) is 5.32 Å². The largest absolute Gasteiger partial charge is 0.490 e. The van der Waals surface area contributed by atoms with E-state index >= 15 is 0 Å². The molecular weight excluding hydrogens is 366 g/mol. The van der Waals surface area contributed by atoms with Crippen LogP contribution in [0.5, 0.6) is 5.75 Å². The SMILES string of the molecule is O=C(NCCOc1ccc(F)cc1Cl)Nc1c(Cl)cccc1Cl. The first-order chi connectivity index (χ1) is 11.0. The zero-order chi connectivity index (χ0) is 16.8. The first-order valence-corrected chi connectivity index (χ1v) is 7.67. The van der Waals surface area contributed by atoms with Gasteiger partial charge in [-0.2, -0.15) is 0 Å². The fourth-order valence-corrected chi connectivity index (χ4v) is 2.41. The molecule has 0 heterocycles. The predicted molar refractivity (Wildman–Crippen MR) is 90.4 cm³/mol. The average molecular weight is 378 g/mol. The Morgan fingerprint density at radius 3 is 2.43 bits per heavy atom. The number of halogens is 4. The Hall–Kier alpha value is -1.69. The molecule has 0 spiro atoms. The molecule has 0 radical (unpaired) electrons. The Balaban J connectivity index is 1.79. The van der Waals surface area contributed by atoms with Gasteiger partial charge in [0.05, 0.1) is 27.3 Å². The van der Waals surface area contributed by atoms with E-state index in [0.717, 1.165) is 6.07 Å². The topological polar surface area (TPSA) is 50.4 Å². The number of benzene rings is 2. The van der Waals surface area contributed by atoms with E-state index in [2.05, 4.69) is 10.6 Å². The van der Waals surface area contributed by atoms with Gasteiger partial charge in [0, 0.05) is 0 Å². The molecule has 2 aromatic carbocycles. The number of ether oxygens (including phenoxy) is 1. The summed E-state index contributed by atoms with van der Waals surface area (Å²) in [6.07, 6.45) is 0. The van der Waals surface area contributed by atoms with Crippen molar-refractivity contribution in [2.45, 2.75) is 0 Å². The summed E-state index contributed by atoms with van der Waals surface area (Å²) in [6, 6.07) is 8.23. The van der Waals surface area contributed by atoms with Crippen molar-refractivity contribution in [3.63, 3.8) is 0 Å². The number of urea groups is 1. The van der Waals surface area contributed by atoms with E-state index in [4.69, 9.17) is 39.5 Å². The van der Waals surface area contributed by atoms with E-state index in [9.17, 15) is 9.18 Å². The van der Waals surface area contributed by atoms with Gasteiger partial charge in [0.25, 0.3) is 0 Å². The van der Waals surface area contributed by atoms with Crippen molar-refractivity contribution < 1.29 is 13.9 Å². The molecule has 0 aliphatic heterocycles. The van der Waals surface area contributed by atoms with Crippen LogP contribution in [0.15, 0.2) is 36.4 Å². The van der Waals surface area contributed by atoms with Crippen molar-refractivity contribution in [3.05, 3.63) is 57.3 Å². The quantitative estimate of drug-likeness (QED) is 0.722. The highest BCUT2D eigenvalue weighted by molar-refractivity contribution is 6.39. The van der Waals surface area contributed by atoms with Crippen molar-refractivity contribution in [2.75, 3.05) is 18.5 Å². The van der Waals surface area contributed by atoms with Crippen LogP contribution in [-0.4, -0.2) is 19.2 Å². The van der Waals surface area contributed by atoms with E-state index in [1.165, 1.54) is 12.1 Å².